The molecule has 0 radical (unpaired) electrons. The minimum Gasteiger partial charge on any atom is -0.476 e. The molecule has 2 amide bonds. The average Bonchev–Trinajstić information content (AvgIpc) is 3.54. The average molecular weight is 436 g/mol. The molecule has 31 heavy (non-hydrogen) atoms. The second-order valence-corrected chi connectivity index (χ2v) is 9.48. The topological polar surface area (TPSA) is 107 Å². The van der Waals surface area contributed by atoms with Crippen LogP contribution in [-0.2, 0) is 9.53 Å². The number of nitrogens with zero attached hydrogens (tertiary/aromatic N) is 2. The lowest BCUT2D eigenvalue weighted by atomic mass is 9.92. The number of hydrogen-bond donors (Lipinski definition) is 2. The van der Waals surface area contributed by atoms with Crippen LogP contribution in [0.2, 0.25) is 0 Å². The van der Waals surface area contributed by atoms with Gasteiger partial charge in [-0.15, -0.1) is 0 Å². The van der Waals surface area contributed by atoms with E-state index in [9.17, 15) is 18.4 Å². The molecular formula is C21H26F2N4O4. The highest BCUT2D eigenvalue weighted by Gasteiger charge is 2.72. The zero-order valence-electron chi connectivity index (χ0n) is 17.2. The van der Waals surface area contributed by atoms with Gasteiger partial charge in [-0.25, -0.2) is 13.8 Å². The van der Waals surface area contributed by atoms with Gasteiger partial charge in [0.05, 0.1) is 42.9 Å². The van der Waals surface area contributed by atoms with Crippen LogP contribution in [-0.4, -0.2) is 61.2 Å². The Kier molecular flexibility index (Phi) is 4.62. The SMILES string of the molecule is NC(=O)CC1(NC(=O)c2ccc(N3CCC4(C3)CC4(F)F)c(OCC3CC3)n2)COC1. The van der Waals surface area contributed by atoms with Crippen molar-refractivity contribution < 1.29 is 27.8 Å². The van der Waals surface area contributed by atoms with Gasteiger partial charge in [-0.2, -0.15) is 0 Å². The van der Waals surface area contributed by atoms with Crippen LogP contribution in [0.3, 0.4) is 0 Å². The Labute approximate surface area is 178 Å². The number of aromatic nitrogens is 1. The monoisotopic (exact) mass is 436 g/mol. The first kappa shape index (κ1) is 20.4. The number of pyridine rings is 1. The van der Waals surface area contributed by atoms with Crippen molar-refractivity contribution in [1.29, 1.82) is 0 Å². The molecule has 0 bridgehead atoms. The minimum absolute atomic E-state index is 0.0219. The lowest BCUT2D eigenvalue weighted by Gasteiger charge is -2.41. The molecule has 1 spiro atoms. The Morgan fingerprint density at radius 2 is 2.06 bits per heavy atom. The van der Waals surface area contributed by atoms with Gasteiger partial charge in [0.1, 0.15) is 5.69 Å². The van der Waals surface area contributed by atoms with Crippen molar-refractivity contribution in [2.75, 3.05) is 37.8 Å². The standard InChI is InChI=1S/C21H26F2N4O4/c22-21(23)9-19(21)5-6-27(10-19)15-4-3-14(25-18(15)31-8-13-1-2-13)17(29)26-20(7-16(24)28)11-30-12-20/h3-4,13H,1-2,5-12H2,(H2,24,28)(H,26,29). The summed E-state index contributed by atoms with van der Waals surface area (Å²) in [6.45, 7) is 1.65. The Hall–Kier alpha value is -2.49. The molecule has 1 aromatic rings. The first-order chi connectivity index (χ1) is 14.7. The van der Waals surface area contributed by atoms with Crippen molar-refractivity contribution in [2.24, 2.45) is 17.1 Å². The summed E-state index contributed by atoms with van der Waals surface area (Å²) < 4.78 is 38.7. The second kappa shape index (κ2) is 7.01. The number of carbonyl (C=O) groups excluding carboxylic acids is 2. The van der Waals surface area contributed by atoms with Crippen molar-refractivity contribution in [2.45, 2.75) is 43.6 Å². The maximum Gasteiger partial charge on any atom is 0.270 e. The third-order valence-corrected chi connectivity index (χ3v) is 6.78. The Bertz CT molecular complexity index is 919. The smallest absolute Gasteiger partial charge is 0.270 e. The number of primary amides is 1. The van der Waals surface area contributed by atoms with E-state index in [4.69, 9.17) is 15.2 Å². The number of carbonyl (C=O) groups is 2. The van der Waals surface area contributed by atoms with Crippen LogP contribution < -0.4 is 20.7 Å². The molecule has 4 fully saturated rings. The Morgan fingerprint density at radius 1 is 1.32 bits per heavy atom. The summed E-state index contributed by atoms with van der Waals surface area (Å²) in [4.78, 5) is 30.5. The molecule has 3 heterocycles. The number of alkyl halides is 2. The third kappa shape index (κ3) is 3.81. The van der Waals surface area contributed by atoms with Crippen molar-refractivity contribution in [3.63, 3.8) is 0 Å². The summed E-state index contributed by atoms with van der Waals surface area (Å²) in [5, 5.41) is 2.81. The molecule has 10 heteroatoms. The predicted molar refractivity (Wildman–Crippen MR) is 106 cm³/mol. The summed E-state index contributed by atoms with van der Waals surface area (Å²) >= 11 is 0. The molecule has 2 aliphatic heterocycles. The molecule has 1 unspecified atom stereocenters. The predicted octanol–water partition coefficient (Wildman–Crippen LogP) is 1.48. The molecule has 4 aliphatic rings. The van der Waals surface area contributed by atoms with Crippen molar-refractivity contribution in [3.8, 4) is 5.88 Å². The van der Waals surface area contributed by atoms with Gasteiger partial charge in [0.15, 0.2) is 0 Å². The summed E-state index contributed by atoms with van der Waals surface area (Å²) in [5.74, 6) is -2.84. The summed E-state index contributed by atoms with van der Waals surface area (Å²) in [7, 11) is 0. The summed E-state index contributed by atoms with van der Waals surface area (Å²) in [6.07, 6.45) is 2.51. The molecule has 2 aliphatic carbocycles. The third-order valence-electron chi connectivity index (χ3n) is 6.78. The van der Waals surface area contributed by atoms with Gasteiger partial charge in [0, 0.05) is 19.5 Å². The van der Waals surface area contributed by atoms with E-state index < -0.39 is 28.7 Å². The van der Waals surface area contributed by atoms with Crippen LogP contribution in [0.25, 0.3) is 0 Å². The van der Waals surface area contributed by atoms with Crippen molar-refractivity contribution >= 4 is 17.5 Å². The number of halogens is 2. The maximum atomic E-state index is 13.8. The molecule has 8 nitrogen and oxygen atoms in total. The van der Waals surface area contributed by atoms with Crippen LogP contribution >= 0.6 is 0 Å². The molecule has 2 saturated heterocycles. The van der Waals surface area contributed by atoms with E-state index in [0.29, 0.717) is 31.2 Å². The molecule has 1 aromatic heterocycles. The molecule has 2 saturated carbocycles. The van der Waals surface area contributed by atoms with Crippen molar-refractivity contribution in [3.05, 3.63) is 17.8 Å². The van der Waals surface area contributed by atoms with E-state index in [0.717, 1.165) is 12.8 Å². The van der Waals surface area contributed by atoms with E-state index in [1.54, 1.807) is 12.1 Å². The number of amides is 2. The number of ether oxygens (including phenoxy) is 2. The molecule has 0 aromatic carbocycles. The summed E-state index contributed by atoms with van der Waals surface area (Å²) in [5.41, 5.74) is 4.30. The van der Waals surface area contributed by atoms with Crippen LogP contribution in [0.1, 0.15) is 42.6 Å². The van der Waals surface area contributed by atoms with E-state index in [1.165, 1.54) is 0 Å². The van der Waals surface area contributed by atoms with Gasteiger partial charge in [0.25, 0.3) is 11.8 Å². The normalized spacial score (nSPS) is 27.6. The fourth-order valence-corrected chi connectivity index (χ4v) is 4.49. The number of nitrogens with two attached hydrogens (primary N) is 1. The maximum absolute atomic E-state index is 13.8. The van der Waals surface area contributed by atoms with Gasteiger partial charge < -0.3 is 25.4 Å². The Balaban J connectivity index is 1.35. The highest BCUT2D eigenvalue weighted by Crippen LogP contribution is 2.65. The van der Waals surface area contributed by atoms with Crippen LogP contribution in [0.4, 0.5) is 14.5 Å². The van der Waals surface area contributed by atoms with Crippen LogP contribution in [0.15, 0.2) is 12.1 Å². The number of hydrogen-bond acceptors (Lipinski definition) is 6. The lowest BCUT2D eigenvalue weighted by Crippen LogP contribution is -2.63. The number of nitrogens with one attached hydrogen (secondary N) is 1. The fourth-order valence-electron chi connectivity index (χ4n) is 4.49. The zero-order chi connectivity index (χ0) is 21.9. The largest absolute Gasteiger partial charge is 0.476 e. The van der Waals surface area contributed by atoms with E-state index in [-0.39, 0.29) is 44.2 Å². The number of rotatable bonds is 8. The zero-order valence-corrected chi connectivity index (χ0v) is 17.2. The van der Waals surface area contributed by atoms with Gasteiger partial charge in [-0.3, -0.25) is 9.59 Å². The second-order valence-electron chi connectivity index (χ2n) is 9.48. The Morgan fingerprint density at radius 3 is 2.61 bits per heavy atom. The summed E-state index contributed by atoms with van der Waals surface area (Å²) in [6, 6.07) is 3.27. The molecule has 3 N–H and O–H groups in total. The molecule has 5 rings (SSSR count). The molecule has 168 valence electrons. The fraction of sp³-hybridized carbons (Fsp3) is 0.667. The van der Waals surface area contributed by atoms with Gasteiger partial charge >= 0.3 is 0 Å². The first-order valence-electron chi connectivity index (χ1n) is 10.7. The minimum atomic E-state index is -2.61. The lowest BCUT2D eigenvalue weighted by molar-refractivity contribution is -0.127. The van der Waals surface area contributed by atoms with Gasteiger partial charge in [-0.1, -0.05) is 0 Å². The quantitative estimate of drug-likeness (QED) is 0.639. The molecule has 1 atom stereocenters. The van der Waals surface area contributed by atoms with Crippen LogP contribution in [0, 0.1) is 11.3 Å². The van der Waals surface area contributed by atoms with E-state index >= 15 is 0 Å². The first-order valence-corrected chi connectivity index (χ1v) is 10.7. The molecular weight excluding hydrogens is 410 g/mol. The van der Waals surface area contributed by atoms with Gasteiger partial charge in [0.2, 0.25) is 11.8 Å². The van der Waals surface area contributed by atoms with Crippen LogP contribution in [0.5, 0.6) is 5.88 Å². The van der Waals surface area contributed by atoms with Crippen molar-refractivity contribution in [1.82, 2.24) is 10.3 Å². The van der Waals surface area contributed by atoms with E-state index in [2.05, 4.69) is 10.3 Å². The number of anilines is 1. The highest BCUT2D eigenvalue weighted by atomic mass is 19.3. The highest BCUT2D eigenvalue weighted by molar-refractivity contribution is 5.94. The van der Waals surface area contributed by atoms with Gasteiger partial charge in [-0.05, 0) is 37.3 Å². The van der Waals surface area contributed by atoms with E-state index in [1.807, 2.05) is 4.90 Å².